The molecule has 0 amide bonds. The lowest BCUT2D eigenvalue weighted by Crippen LogP contribution is -2.26. The summed E-state index contributed by atoms with van der Waals surface area (Å²) in [5.41, 5.74) is 1.10. The lowest BCUT2D eigenvalue weighted by atomic mass is 10.3. The number of hydrogen-bond acceptors (Lipinski definition) is 5. The Labute approximate surface area is 116 Å². The molecule has 0 radical (unpaired) electrons. The van der Waals surface area contributed by atoms with Crippen molar-refractivity contribution < 1.29 is 4.74 Å². The minimum Gasteiger partial charge on any atom is -0.383 e. The first-order chi connectivity index (χ1) is 9.31. The van der Waals surface area contributed by atoms with Crippen LogP contribution in [0.3, 0.4) is 0 Å². The predicted octanol–water partition coefficient (Wildman–Crippen LogP) is 1.84. The summed E-state index contributed by atoms with van der Waals surface area (Å²) in [6.45, 7) is 8.66. The summed E-state index contributed by atoms with van der Waals surface area (Å²) in [7, 11) is 1.70. The largest absolute Gasteiger partial charge is 0.383 e. The molecule has 0 saturated heterocycles. The van der Waals surface area contributed by atoms with E-state index in [4.69, 9.17) is 4.74 Å². The van der Waals surface area contributed by atoms with Gasteiger partial charge in [-0.1, -0.05) is 13.3 Å². The summed E-state index contributed by atoms with van der Waals surface area (Å²) in [6.07, 6.45) is 6.17. The maximum absolute atomic E-state index is 4.98. The van der Waals surface area contributed by atoms with Gasteiger partial charge in [-0.15, -0.1) is 0 Å². The second-order valence-corrected chi connectivity index (χ2v) is 4.49. The highest BCUT2D eigenvalue weighted by molar-refractivity contribution is 5.29. The number of hydrogen-bond donors (Lipinski definition) is 1. The van der Waals surface area contributed by atoms with Crippen LogP contribution in [0.25, 0.3) is 0 Å². The van der Waals surface area contributed by atoms with Crippen molar-refractivity contribution in [3.63, 3.8) is 0 Å². The van der Waals surface area contributed by atoms with Gasteiger partial charge in [-0.3, -0.25) is 0 Å². The molecule has 1 rings (SSSR count). The first-order valence-electron chi connectivity index (χ1n) is 7.07. The van der Waals surface area contributed by atoms with Crippen molar-refractivity contribution in [3.8, 4) is 0 Å². The van der Waals surface area contributed by atoms with Crippen molar-refractivity contribution in [3.05, 3.63) is 18.0 Å². The Hall–Kier alpha value is -1.20. The maximum atomic E-state index is 4.98. The monoisotopic (exact) mass is 266 g/mol. The van der Waals surface area contributed by atoms with Crippen LogP contribution in [0.4, 0.5) is 5.95 Å². The van der Waals surface area contributed by atoms with E-state index >= 15 is 0 Å². The summed E-state index contributed by atoms with van der Waals surface area (Å²) >= 11 is 0. The van der Waals surface area contributed by atoms with Crippen LogP contribution in [0.15, 0.2) is 12.4 Å². The Morgan fingerprint density at radius 1 is 1.26 bits per heavy atom. The molecule has 1 aromatic rings. The smallest absolute Gasteiger partial charge is 0.225 e. The van der Waals surface area contributed by atoms with Gasteiger partial charge in [0.15, 0.2) is 0 Å². The van der Waals surface area contributed by atoms with Gasteiger partial charge in [0.25, 0.3) is 0 Å². The van der Waals surface area contributed by atoms with Gasteiger partial charge in [0.05, 0.1) is 6.61 Å². The topological polar surface area (TPSA) is 50.3 Å². The van der Waals surface area contributed by atoms with Crippen molar-refractivity contribution in [2.75, 3.05) is 38.3 Å². The number of methoxy groups -OCH3 is 1. The summed E-state index contributed by atoms with van der Waals surface area (Å²) in [4.78, 5) is 11.1. The predicted molar refractivity (Wildman–Crippen MR) is 78.4 cm³/mol. The third kappa shape index (κ3) is 5.98. The number of nitrogens with one attached hydrogen (secondary N) is 1. The van der Waals surface area contributed by atoms with Gasteiger partial charge < -0.3 is 15.0 Å². The van der Waals surface area contributed by atoms with E-state index in [-0.39, 0.29) is 0 Å². The minimum absolute atomic E-state index is 0.722. The van der Waals surface area contributed by atoms with E-state index in [2.05, 4.69) is 34.0 Å². The normalized spacial score (nSPS) is 10.7. The van der Waals surface area contributed by atoms with Gasteiger partial charge in [-0.2, -0.15) is 0 Å². The summed E-state index contributed by atoms with van der Waals surface area (Å²) < 4.78 is 4.98. The second kappa shape index (κ2) is 9.69. The molecule has 108 valence electrons. The molecule has 0 bridgehead atoms. The van der Waals surface area contributed by atoms with Crippen LogP contribution >= 0.6 is 0 Å². The lowest BCUT2D eigenvalue weighted by molar-refractivity contribution is 0.199. The van der Waals surface area contributed by atoms with Gasteiger partial charge in [0.1, 0.15) is 0 Å². The first kappa shape index (κ1) is 15.9. The molecule has 5 nitrogen and oxygen atoms in total. The fourth-order valence-corrected chi connectivity index (χ4v) is 1.76. The summed E-state index contributed by atoms with van der Waals surface area (Å²) in [6, 6.07) is 0. The van der Waals surface area contributed by atoms with Gasteiger partial charge in [-0.05, 0) is 13.3 Å². The van der Waals surface area contributed by atoms with E-state index in [9.17, 15) is 0 Å². The quantitative estimate of drug-likeness (QED) is 0.655. The zero-order chi connectivity index (χ0) is 13.9. The first-order valence-corrected chi connectivity index (χ1v) is 7.07. The molecule has 1 heterocycles. The number of aromatic nitrogens is 2. The third-order valence-electron chi connectivity index (χ3n) is 2.95. The van der Waals surface area contributed by atoms with Crippen molar-refractivity contribution in [1.82, 2.24) is 15.3 Å². The lowest BCUT2D eigenvalue weighted by Gasteiger charge is -2.20. The average Bonchev–Trinajstić information content (AvgIpc) is 2.46. The van der Waals surface area contributed by atoms with Crippen LogP contribution in [-0.4, -0.2) is 43.3 Å². The highest BCUT2D eigenvalue weighted by atomic mass is 16.5. The molecule has 0 aromatic carbocycles. The van der Waals surface area contributed by atoms with E-state index in [0.29, 0.717) is 0 Å². The number of nitrogens with zero attached hydrogens (tertiary/aromatic N) is 3. The third-order valence-corrected chi connectivity index (χ3v) is 2.95. The van der Waals surface area contributed by atoms with Crippen LogP contribution in [0.1, 0.15) is 32.3 Å². The van der Waals surface area contributed by atoms with E-state index in [1.165, 1.54) is 12.8 Å². The van der Waals surface area contributed by atoms with E-state index < -0.39 is 0 Å². The molecule has 0 aliphatic heterocycles. The molecule has 0 fully saturated rings. The molecule has 0 atom stereocenters. The SMILES string of the molecule is CCCCN(CC)c1ncc(CNCCOC)cn1. The Bertz CT molecular complexity index is 329. The molecule has 0 unspecified atom stereocenters. The molecule has 1 aromatic heterocycles. The van der Waals surface area contributed by atoms with Crippen molar-refractivity contribution in [2.45, 2.75) is 33.2 Å². The van der Waals surface area contributed by atoms with Crippen molar-refractivity contribution >= 4 is 5.95 Å². The van der Waals surface area contributed by atoms with Crippen LogP contribution in [0.5, 0.6) is 0 Å². The Morgan fingerprint density at radius 3 is 2.58 bits per heavy atom. The van der Waals surface area contributed by atoms with Gasteiger partial charge in [0.2, 0.25) is 5.95 Å². The molecule has 1 N–H and O–H groups in total. The fraction of sp³-hybridized carbons (Fsp3) is 0.714. The summed E-state index contributed by atoms with van der Waals surface area (Å²) in [5.74, 6) is 0.830. The summed E-state index contributed by atoms with van der Waals surface area (Å²) in [5, 5.41) is 3.28. The Morgan fingerprint density at radius 2 is 2.00 bits per heavy atom. The zero-order valence-corrected chi connectivity index (χ0v) is 12.4. The maximum Gasteiger partial charge on any atom is 0.225 e. The van der Waals surface area contributed by atoms with Gasteiger partial charge in [-0.25, -0.2) is 9.97 Å². The standard InChI is InChI=1S/C14H26N4O/c1-4-6-8-18(5-2)14-16-11-13(12-17-14)10-15-7-9-19-3/h11-12,15H,4-10H2,1-3H3. The Balaban J connectivity index is 2.45. The minimum atomic E-state index is 0.722. The highest BCUT2D eigenvalue weighted by Gasteiger charge is 2.06. The highest BCUT2D eigenvalue weighted by Crippen LogP contribution is 2.08. The number of anilines is 1. The number of unbranched alkanes of at least 4 members (excludes halogenated alkanes) is 1. The fourth-order valence-electron chi connectivity index (χ4n) is 1.76. The second-order valence-electron chi connectivity index (χ2n) is 4.49. The van der Waals surface area contributed by atoms with Crippen molar-refractivity contribution in [2.24, 2.45) is 0 Å². The molecule has 5 heteroatoms. The Kier molecular flexibility index (Phi) is 8.09. The molecular formula is C14H26N4O. The number of rotatable bonds is 10. The molecule has 0 saturated carbocycles. The van der Waals surface area contributed by atoms with Crippen LogP contribution in [0.2, 0.25) is 0 Å². The zero-order valence-electron chi connectivity index (χ0n) is 12.4. The van der Waals surface area contributed by atoms with Crippen molar-refractivity contribution in [1.29, 1.82) is 0 Å². The molecule has 0 aliphatic carbocycles. The van der Waals surface area contributed by atoms with Gasteiger partial charge >= 0.3 is 0 Å². The van der Waals surface area contributed by atoms with Gasteiger partial charge in [0, 0.05) is 51.2 Å². The average molecular weight is 266 g/mol. The van der Waals surface area contributed by atoms with Crippen LogP contribution < -0.4 is 10.2 Å². The van der Waals surface area contributed by atoms with Crippen LogP contribution in [-0.2, 0) is 11.3 Å². The van der Waals surface area contributed by atoms with Crippen LogP contribution in [0, 0.1) is 0 Å². The molecule has 0 spiro atoms. The van der Waals surface area contributed by atoms with E-state index in [0.717, 1.165) is 44.3 Å². The molecular weight excluding hydrogens is 240 g/mol. The molecule has 0 aliphatic rings. The van der Waals surface area contributed by atoms with E-state index in [1.807, 2.05) is 12.4 Å². The van der Waals surface area contributed by atoms with E-state index in [1.54, 1.807) is 7.11 Å². The molecule has 19 heavy (non-hydrogen) atoms. The number of ether oxygens (including phenoxy) is 1.